The van der Waals surface area contributed by atoms with E-state index >= 15 is 0 Å². The molecule has 1 aliphatic heterocycles. The molecule has 0 aliphatic carbocycles. The molecule has 1 saturated heterocycles. The molecule has 0 amide bonds. The summed E-state index contributed by atoms with van der Waals surface area (Å²) in [6.45, 7) is 2.43. The van der Waals surface area contributed by atoms with Crippen LogP contribution in [0.15, 0.2) is 53.4 Å². The summed E-state index contributed by atoms with van der Waals surface area (Å²) < 4.78 is 38.5. The smallest absolute Gasteiger partial charge is 0.243 e. The Bertz CT molecular complexity index is 893. The number of hydrogen-bond donors (Lipinski definition) is 0. The largest absolute Gasteiger partial charge is 0.497 e. The second-order valence-electron chi connectivity index (χ2n) is 6.95. The highest BCUT2D eigenvalue weighted by atomic mass is 32.2. The third-order valence-electron chi connectivity index (χ3n) is 4.97. The van der Waals surface area contributed by atoms with Gasteiger partial charge in [0, 0.05) is 6.54 Å². The van der Waals surface area contributed by atoms with Gasteiger partial charge in [0.15, 0.2) is 0 Å². The van der Waals surface area contributed by atoms with Crippen LogP contribution in [0.5, 0.6) is 5.75 Å². The lowest BCUT2D eigenvalue weighted by Crippen LogP contribution is -2.50. The maximum atomic E-state index is 13.1. The Morgan fingerprint density at radius 1 is 1.07 bits per heavy atom. The van der Waals surface area contributed by atoms with E-state index in [1.807, 2.05) is 31.2 Å². The first-order chi connectivity index (χ1) is 13.4. The van der Waals surface area contributed by atoms with Gasteiger partial charge >= 0.3 is 0 Å². The summed E-state index contributed by atoms with van der Waals surface area (Å²) in [6, 6.07) is 13.5. The molecule has 7 heteroatoms. The lowest BCUT2D eigenvalue weighted by molar-refractivity contribution is -0.113. The van der Waals surface area contributed by atoms with Crippen LogP contribution >= 0.6 is 0 Å². The number of aldehydes is 1. The van der Waals surface area contributed by atoms with Crippen LogP contribution in [0.2, 0.25) is 0 Å². The number of carbonyl (C=O) groups is 1. The predicted molar refractivity (Wildman–Crippen MR) is 106 cm³/mol. The molecule has 0 unspecified atom stereocenters. The summed E-state index contributed by atoms with van der Waals surface area (Å²) in [5, 5.41) is 0. The van der Waals surface area contributed by atoms with Crippen molar-refractivity contribution in [2.45, 2.75) is 43.4 Å². The monoisotopic (exact) mass is 403 g/mol. The fourth-order valence-corrected chi connectivity index (χ4v) is 4.88. The standard InChI is InChI=1S/C21H25NO5S/c1-16-3-11-21(12-4-16)28(24,25)22-13-20(10-7-18(22)14-23)27-15-17-5-8-19(26-2)9-6-17/h3-6,8-9,11-12,14,18,20H,7,10,13,15H2,1-2H3/t18-,20+/m0/s1. The van der Waals surface area contributed by atoms with Gasteiger partial charge in [0.25, 0.3) is 0 Å². The van der Waals surface area contributed by atoms with Crippen molar-refractivity contribution in [2.75, 3.05) is 13.7 Å². The molecule has 2 atom stereocenters. The van der Waals surface area contributed by atoms with E-state index in [0.717, 1.165) is 16.9 Å². The van der Waals surface area contributed by atoms with Gasteiger partial charge < -0.3 is 14.3 Å². The number of sulfonamides is 1. The van der Waals surface area contributed by atoms with Gasteiger partial charge in [0.05, 0.1) is 30.8 Å². The number of rotatable bonds is 7. The third kappa shape index (κ3) is 4.60. The quantitative estimate of drug-likeness (QED) is 0.665. The SMILES string of the molecule is COc1ccc(CO[C@@H]2CC[C@@H](C=O)N(S(=O)(=O)c3ccc(C)cc3)C2)cc1. The Morgan fingerprint density at radius 3 is 2.36 bits per heavy atom. The zero-order valence-corrected chi connectivity index (χ0v) is 16.9. The molecule has 0 spiro atoms. The van der Waals surface area contributed by atoms with E-state index in [1.165, 1.54) is 4.31 Å². The van der Waals surface area contributed by atoms with Crippen molar-refractivity contribution < 1.29 is 22.7 Å². The van der Waals surface area contributed by atoms with Crippen molar-refractivity contribution in [2.24, 2.45) is 0 Å². The molecule has 2 aromatic carbocycles. The highest BCUT2D eigenvalue weighted by Crippen LogP contribution is 2.27. The van der Waals surface area contributed by atoms with E-state index in [2.05, 4.69) is 0 Å². The van der Waals surface area contributed by atoms with Crippen molar-refractivity contribution in [1.29, 1.82) is 0 Å². The minimum Gasteiger partial charge on any atom is -0.497 e. The van der Waals surface area contributed by atoms with Crippen LogP contribution in [-0.4, -0.2) is 44.8 Å². The molecule has 0 N–H and O–H groups in total. The maximum Gasteiger partial charge on any atom is 0.243 e. The number of benzene rings is 2. The predicted octanol–water partition coefficient (Wildman–Crippen LogP) is 2.94. The number of carbonyl (C=O) groups excluding carboxylic acids is 1. The van der Waals surface area contributed by atoms with Gasteiger partial charge in [0.1, 0.15) is 12.0 Å². The van der Waals surface area contributed by atoms with E-state index in [9.17, 15) is 13.2 Å². The molecule has 1 fully saturated rings. The van der Waals surface area contributed by atoms with Crippen LogP contribution in [-0.2, 0) is 26.2 Å². The third-order valence-corrected chi connectivity index (χ3v) is 6.87. The Hall–Kier alpha value is -2.22. The van der Waals surface area contributed by atoms with Crippen LogP contribution < -0.4 is 4.74 Å². The summed E-state index contributed by atoms with van der Waals surface area (Å²) in [5.74, 6) is 0.769. The van der Waals surface area contributed by atoms with Crippen LogP contribution in [0.4, 0.5) is 0 Å². The fourth-order valence-electron chi connectivity index (χ4n) is 3.26. The van der Waals surface area contributed by atoms with Crippen molar-refractivity contribution in [3.05, 3.63) is 59.7 Å². The summed E-state index contributed by atoms with van der Waals surface area (Å²) in [7, 11) is -2.15. The van der Waals surface area contributed by atoms with E-state index in [4.69, 9.17) is 9.47 Å². The van der Waals surface area contributed by atoms with E-state index in [-0.39, 0.29) is 17.5 Å². The van der Waals surface area contributed by atoms with Crippen molar-refractivity contribution in [3.8, 4) is 5.75 Å². The Morgan fingerprint density at radius 2 is 1.75 bits per heavy atom. The van der Waals surface area contributed by atoms with Gasteiger partial charge in [-0.05, 0) is 49.6 Å². The van der Waals surface area contributed by atoms with Gasteiger partial charge in [-0.2, -0.15) is 4.31 Å². The molecular formula is C21H25NO5S. The van der Waals surface area contributed by atoms with E-state index in [1.54, 1.807) is 31.4 Å². The zero-order valence-electron chi connectivity index (χ0n) is 16.1. The molecule has 0 bridgehead atoms. The minimum absolute atomic E-state index is 0.162. The normalized spacial score (nSPS) is 20.6. The molecule has 0 saturated carbocycles. The molecule has 0 radical (unpaired) electrons. The second-order valence-corrected chi connectivity index (χ2v) is 8.84. The first kappa shape index (κ1) is 20.5. The highest BCUT2D eigenvalue weighted by molar-refractivity contribution is 7.89. The number of hydrogen-bond acceptors (Lipinski definition) is 5. The molecule has 0 aromatic heterocycles. The number of piperidine rings is 1. The fraction of sp³-hybridized carbons (Fsp3) is 0.381. The second kappa shape index (κ2) is 8.86. The molecule has 2 aromatic rings. The average Bonchev–Trinajstić information content (AvgIpc) is 2.72. The molecule has 1 aliphatic rings. The van der Waals surface area contributed by atoms with Crippen LogP contribution in [0, 0.1) is 6.92 Å². The number of nitrogens with zero attached hydrogens (tertiary/aromatic N) is 1. The lowest BCUT2D eigenvalue weighted by atomic mass is 10.0. The Labute approximate surface area is 166 Å². The molecule has 28 heavy (non-hydrogen) atoms. The average molecular weight is 404 g/mol. The van der Waals surface area contributed by atoms with Crippen LogP contribution in [0.1, 0.15) is 24.0 Å². The lowest BCUT2D eigenvalue weighted by Gasteiger charge is -2.36. The number of aryl methyl sites for hydroxylation is 1. The maximum absolute atomic E-state index is 13.1. The molecule has 150 valence electrons. The molecule has 6 nitrogen and oxygen atoms in total. The summed E-state index contributed by atoms with van der Waals surface area (Å²) in [6.07, 6.45) is 1.53. The van der Waals surface area contributed by atoms with Crippen LogP contribution in [0.3, 0.4) is 0 Å². The van der Waals surface area contributed by atoms with Crippen molar-refractivity contribution in [1.82, 2.24) is 4.31 Å². The first-order valence-corrected chi connectivity index (χ1v) is 10.7. The molecular weight excluding hydrogens is 378 g/mol. The van der Waals surface area contributed by atoms with Gasteiger partial charge in [-0.25, -0.2) is 8.42 Å². The summed E-state index contributed by atoms with van der Waals surface area (Å²) >= 11 is 0. The molecule has 3 rings (SSSR count). The minimum atomic E-state index is -3.76. The highest BCUT2D eigenvalue weighted by Gasteiger charge is 2.37. The van der Waals surface area contributed by atoms with Gasteiger partial charge in [-0.3, -0.25) is 0 Å². The Kier molecular flexibility index (Phi) is 6.49. The Balaban J connectivity index is 1.71. The zero-order chi connectivity index (χ0) is 20.1. The number of methoxy groups -OCH3 is 1. The van der Waals surface area contributed by atoms with E-state index < -0.39 is 16.1 Å². The van der Waals surface area contributed by atoms with Gasteiger partial charge in [-0.1, -0.05) is 29.8 Å². The number of ether oxygens (including phenoxy) is 2. The van der Waals surface area contributed by atoms with Gasteiger partial charge in [0.2, 0.25) is 10.0 Å². The van der Waals surface area contributed by atoms with Gasteiger partial charge in [-0.15, -0.1) is 0 Å². The first-order valence-electron chi connectivity index (χ1n) is 9.22. The van der Waals surface area contributed by atoms with E-state index in [0.29, 0.717) is 25.7 Å². The summed E-state index contributed by atoms with van der Waals surface area (Å²) in [4.78, 5) is 11.7. The van der Waals surface area contributed by atoms with Crippen molar-refractivity contribution >= 4 is 16.3 Å². The summed E-state index contributed by atoms with van der Waals surface area (Å²) in [5.41, 5.74) is 1.96. The van der Waals surface area contributed by atoms with Crippen LogP contribution in [0.25, 0.3) is 0 Å². The van der Waals surface area contributed by atoms with Crippen molar-refractivity contribution in [3.63, 3.8) is 0 Å². The topological polar surface area (TPSA) is 72.9 Å². The molecule has 1 heterocycles.